The number of likely N-dealkylation sites (tertiary alicyclic amines) is 1. The summed E-state index contributed by atoms with van der Waals surface area (Å²) in [5, 5.41) is 8.81. The number of ether oxygens (including phenoxy) is 1. The van der Waals surface area contributed by atoms with Crippen LogP contribution in [0.4, 0.5) is 0 Å². The molecular weight excluding hydrogens is 224 g/mol. The normalized spacial score (nSPS) is 20.3. The zero-order valence-electron chi connectivity index (χ0n) is 10.9. The van der Waals surface area contributed by atoms with E-state index in [0.29, 0.717) is 18.2 Å². The van der Waals surface area contributed by atoms with Crippen molar-refractivity contribution in [1.82, 2.24) is 4.90 Å². The lowest BCUT2D eigenvalue weighted by atomic mass is 10.0. The zero-order valence-corrected chi connectivity index (χ0v) is 10.9. The van der Waals surface area contributed by atoms with Crippen molar-refractivity contribution in [3.8, 4) is 11.8 Å². The molecule has 18 heavy (non-hydrogen) atoms. The highest BCUT2D eigenvalue weighted by Crippen LogP contribution is 2.16. The number of benzene rings is 1. The molecule has 3 nitrogen and oxygen atoms in total. The predicted octanol–water partition coefficient (Wildman–Crippen LogP) is 2.81. The van der Waals surface area contributed by atoms with Gasteiger partial charge in [-0.25, -0.2) is 0 Å². The number of rotatable bonds is 4. The molecule has 0 aromatic heterocycles. The van der Waals surface area contributed by atoms with Crippen molar-refractivity contribution in [2.75, 3.05) is 19.7 Å². The van der Waals surface area contributed by atoms with E-state index in [4.69, 9.17) is 10.00 Å². The van der Waals surface area contributed by atoms with Gasteiger partial charge in [0.25, 0.3) is 0 Å². The average molecular weight is 244 g/mol. The van der Waals surface area contributed by atoms with Crippen LogP contribution in [0.2, 0.25) is 0 Å². The molecule has 1 fully saturated rings. The van der Waals surface area contributed by atoms with Gasteiger partial charge in [0.1, 0.15) is 12.4 Å². The molecule has 1 heterocycles. The molecule has 1 aliphatic heterocycles. The summed E-state index contributed by atoms with van der Waals surface area (Å²) < 4.78 is 5.71. The van der Waals surface area contributed by atoms with Crippen LogP contribution >= 0.6 is 0 Å². The van der Waals surface area contributed by atoms with E-state index >= 15 is 0 Å². The fourth-order valence-electron chi connectivity index (χ4n) is 2.43. The average Bonchev–Trinajstić information content (AvgIpc) is 2.41. The second kappa shape index (κ2) is 6.42. The lowest BCUT2D eigenvalue weighted by Crippen LogP contribution is -2.39. The maximum absolute atomic E-state index is 8.81. The van der Waals surface area contributed by atoms with Crippen LogP contribution < -0.4 is 4.74 Å². The molecule has 0 bridgehead atoms. The highest BCUT2D eigenvalue weighted by molar-refractivity contribution is 5.36. The van der Waals surface area contributed by atoms with Gasteiger partial charge in [0.15, 0.2) is 0 Å². The van der Waals surface area contributed by atoms with E-state index in [2.05, 4.69) is 17.9 Å². The molecule has 1 unspecified atom stereocenters. The van der Waals surface area contributed by atoms with Crippen molar-refractivity contribution in [2.24, 2.45) is 0 Å². The van der Waals surface area contributed by atoms with Gasteiger partial charge < -0.3 is 4.74 Å². The van der Waals surface area contributed by atoms with Crippen LogP contribution in [0.15, 0.2) is 24.3 Å². The fourth-order valence-corrected chi connectivity index (χ4v) is 2.43. The molecule has 0 spiro atoms. The predicted molar refractivity (Wildman–Crippen MR) is 71.5 cm³/mol. The minimum Gasteiger partial charge on any atom is -0.492 e. The Hall–Kier alpha value is -1.53. The van der Waals surface area contributed by atoms with Gasteiger partial charge in [0.2, 0.25) is 0 Å². The molecule has 1 aliphatic rings. The molecule has 0 amide bonds. The van der Waals surface area contributed by atoms with Crippen molar-refractivity contribution >= 4 is 0 Å². The van der Waals surface area contributed by atoms with Gasteiger partial charge in [-0.2, -0.15) is 5.26 Å². The van der Waals surface area contributed by atoms with E-state index in [0.717, 1.165) is 12.3 Å². The Labute approximate surface area is 109 Å². The second-order valence-corrected chi connectivity index (χ2v) is 4.87. The number of hydrogen-bond acceptors (Lipinski definition) is 3. The van der Waals surface area contributed by atoms with Crippen LogP contribution in [0.1, 0.15) is 31.7 Å². The van der Waals surface area contributed by atoms with Crippen LogP contribution in [-0.4, -0.2) is 30.6 Å². The molecule has 1 atom stereocenters. The maximum atomic E-state index is 8.81. The number of nitrogens with zero attached hydrogens (tertiary/aromatic N) is 2. The third-order valence-electron chi connectivity index (χ3n) is 3.55. The molecular formula is C15H20N2O. The Kier molecular flexibility index (Phi) is 4.60. The lowest BCUT2D eigenvalue weighted by molar-refractivity contribution is 0.133. The van der Waals surface area contributed by atoms with Gasteiger partial charge in [-0.3, -0.25) is 4.90 Å². The van der Waals surface area contributed by atoms with E-state index in [9.17, 15) is 0 Å². The minimum absolute atomic E-state index is 0.652. The molecule has 3 heteroatoms. The van der Waals surface area contributed by atoms with Crippen molar-refractivity contribution in [3.63, 3.8) is 0 Å². The van der Waals surface area contributed by atoms with Crippen LogP contribution in [0, 0.1) is 11.3 Å². The molecule has 1 aromatic rings. The first-order valence-electron chi connectivity index (χ1n) is 6.66. The van der Waals surface area contributed by atoms with Gasteiger partial charge in [-0.15, -0.1) is 0 Å². The first kappa shape index (κ1) is 12.9. The van der Waals surface area contributed by atoms with Gasteiger partial charge in [-0.05, 0) is 44.5 Å². The summed E-state index contributed by atoms with van der Waals surface area (Å²) in [4.78, 5) is 2.48. The summed E-state index contributed by atoms with van der Waals surface area (Å²) in [5.74, 6) is 0.790. The van der Waals surface area contributed by atoms with Gasteiger partial charge in [-0.1, -0.05) is 12.5 Å². The Bertz CT molecular complexity index is 425. The second-order valence-electron chi connectivity index (χ2n) is 4.87. The summed E-state index contributed by atoms with van der Waals surface area (Å²) in [6.07, 6.45) is 3.95. The molecule has 0 aliphatic carbocycles. The number of hydrogen-bond donors (Lipinski definition) is 0. The monoisotopic (exact) mass is 244 g/mol. The molecule has 96 valence electrons. The molecule has 0 saturated carbocycles. The Balaban J connectivity index is 1.79. The molecule has 1 aromatic carbocycles. The first-order chi connectivity index (χ1) is 8.79. The highest BCUT2D eigenvalue weighted by Gasteiger charge is 2.17. The van der Waals surface area contributed by atoms with Crippen LogP contribution in [0.25, 0.3) is 0 Å². The number of nitriles is 1. The van der Waals surface area contributed by atoms with Crippen molar-refractivity contribution in [2.45, 2.75) is 32.2 Å². The summed E-state index contributed by atoms with van der Waals surface area (Å²) >= 11 is 0. The van der Waals surface area contributed by atoms with Gasteiger partial charge in [0.05, 0.1) is 11.6 Å². The Morgan fingerprint density at radius 1 is 1.44 bits per heavy atom. The molecule has 1 saturated heterocycles. The van der Waals surface area contributed by atoms with Crippen LogP contribution in [-0.2, 0) is 0 Å². The van der Waals surface area contributed by atoms with E-state index in [1.54, 1.807) is 12.1 Å². The molecule has 2 rings (SSSR count). The maximum Gasteiger partial charge on any atom is 0.120 e. The SMILES string of the molecule is CC1CCCCN1CCOc1cccc(C#N)c1. The van der Waals surface area contributed by atoms with E-state index in [-0.39, 0.29) is 0 Å². The minimum atomic E-state index is 0.652. The Morgan fingerprint density at radius 3 is 3.11 bits per heavy atom. The largest absolute Gasteiger partial charge is 0.492 e. The smallest absolute Gasteiger partial charge is 0.120 e. The van der Waals surface area contributed by atoms with Crippen LogP contribution in [0.5, 0.6) is 5.75 Å². The first-order valence-corrected chi connectivity index (χ1v) is 6.66. The summed E-state index contributed by atoms with van der Waals surface area (Å²) in [6.45, 7) is 5.13. The zero-order chi connectivity index (χ0) is 12.8. The molecule has 0 N–H and O–H groups in total. The fraction of sp³-hybridized carbons (Fsp3) is 0.533. The topological polar surface area (TPSA) is 36.3 Å². The van der Waals surface area contributed by atoms with Gasteiger partial charge >= 0.3 is 0 Å². The quantitative estimate of drug-likeness (QED) is 0.817. The standard InChI is InChI=1S/C15H20N2O/c1-13-5-2-3-8-17(13)9-10-18-15-7-4-6-14(11-15)12-16/h4,6-7,11,13H,2-3,5,8-10H2,1H3. The third kappa shape index (κ3) is 3.48. The summed E-state index contributed by atoms with van der Waals surface area (Å²) in [7, 11) is 0. The Morgan fingerprint density at radius 2 is 2.33 bits per heavy atom. The van der Waals surface area contributed by atoms with Crippen LogP contribution in [0.3, 0.4) is 0 Å². The highest BCUT2D eigenvalue weighted by atomic mass is 16.5. The van der Waals surface area contributed by atoms with Gasteiger partial charge in [0, 0.05) is 12.6 Å². The summed E-state index contributed by atoms with van der Waals surface area (Å²) in [5.41, 5.74) is 0.652. The van der Waals surface area contributed by atoms with Crippen molar-refractivity contribution in [3.05, 3.63) is 29.8 Å². The van der Waals surface area contributed by atoms with E-state index in [1.165, 1.54) is 25.8 Å². The van der Waals surface area contributed by atoms with Crippen molar-refractivity contribution in [1.29, 1.82) is 5.26 Å². The van der Waals surface area contributed by atoms with Crippen molar-refractivity contribution < 1.29 is 4.74 Å². The van der Waals surface area contributed by atoms with E-state index in [1.807, 2.05) is 12.1 Å². The third-order valence-corrected chi connectivity index (χ3v) is 3.55. The lowest BCUT2D eigenvalue weighted by Gasteiger charge is -2.33. The molecule has 0 radical (unpaired) electrons. The summed E-state index contributed by atoms with van der Waals surface area (Å²) in [6, 6.07) is 10.1. The van der Waals surface area contributed by atoms with E-state index < -0.39 is 0 Å². The number of piperidine rings is 1.